The van der Waals surface area contributed by atoms with E-state index >= 15 is 0 Å². The Labute approximate surface area is 82.1 Å². The zero-order valence-electron chi connectivity index (χ0n) is 7.91. The van der Waals surface area contributed by atoms with Gasteiger partial charge in [0, 0.05) is 23.4 Å². The van der Waals surface area contributed by atoms with Crippen molar-refractivity contribution in [3.63, 3.8) is 0 Å². The quantitative estimate of drug-likeness (QED) is 0.615. The van der Waals surface area contributed by atoms with Gasteiger partial charge in [-0.2, -0.15) is 0 Å². The van der Waals surface area contributed by atoms with Gasteiger partial charge in [0.25, 0.3) is 0 Å². The number of hydrogen-bond acceptors (Lipinski definition) is 3. The molecule has 0 saturated carbocycles. The van der Waals surface area contributed by atoms with Crippen molar-refractivity contribution in [2.75, 3.05) is 11.1 Å². The summed E-state index contributed by atoms with van der Waals surface area (Å²) >= 11 is 0. The zero-order valence-corrected chi connectivity index (χ0v) is 7.91. The number of cyclic esters (lactones) is 1. The summed E-state index contributed by atoms with van der Waals surface area (Å²) in [6.45, 7) is 1.85. The van der Waals surface area contributed by atoms with Crippen LogP contribution in [0.15, 0.2) is 18.2 Å². The molecule has 0 saturated heterocycles. The molecule has 1 aliphatic heterocycles. The second kappa shape index (κ2) is 3.21. The monoisotopic (exact) mass is 192 g/mol. The molecular weight excluding hydrogens is 180 g/mol. The average Bonchev–Trinajstić information content (AvgIpc) is 2.23. The van der Waals surface area contributed by atoms with Crippen molar-refractivity contribution >= 4 is 17.5 Å². The van der Waals surface area contributed by atoms with Crippen LogP contribution in [0.3, 0.4) is 0 Å². The molecule has 1 aromatic rings. The van der Waals surface area contributed by atoms with Gasteiger partial charge in [-0.25, -0.2) is 4.79 Å². The van der Waals surface area contributed by atoms with Crippen LogP contribution in [0.2, 0.25) is 0 Å². The topological polar surface area (TPSA) is 64.3 Å². The summed E-state index contributed by atoms with van der Waals surface area (Å²) in [4.78, 5) is 11.2. The number of anilines is 2. The van der Waals surface area contributed by atoms with Crippen molar-refractivity contribution in [3.05, 3.63) is 23.8 Å². The Morgan fingerprint density at radius 3 is 3.14 bits per heavy atom. The average molecular weight is 192 g/mol. The summed E-state index contributed by atoms with van der Waals surface area (Å²) in [6.07, 6.45) is 0.101. The molecule has 1 amide bonds. The fourth-order valence-electron chi connectivity index (χ4n) is 1.60. The summed E-state index contributed by atoms with van der Waals surface area (Å²) in [7, 11) is 0. The number of carbonyl (C=O) groups is 1. The van der Waals surface area contributed by atoms with Gasteiger partial charge in [0.2, 0.25) is 0 Å². The van der Waals surface area contributed by atoms with Gasteiger partial charge in [-0.3, -0.25) is 5.32 Å². The van der Waals surface area contributed by atoms with Gasteiger partial charge in [-0.05, 0) is 19.1 Å². The SMILES string of the molecule is CC1Cc2c(N)cccc2NC(=O)O1. The van der Waals surface area contributed by atoms with Crippen LogP contribution in [-0.2, 0) is 11.2 Å². The van der Waals surface area contributed by atoms with Gasteiger partial charge in [-0.1, -0.05) is 6.07 Å². The number of nitrogen functional groups attached to an aromatic ring is 1. The van der Waals surface area contributed by atoms with E-state index in [1.165, 1.54) is 0 Å². The third-order valence-corrected chi connectivity index (χ3v) is 2.25. The van der Waals surface area contributed by atoms with Crippen LogP contribution in [-0.4, -0.2) is 12.2 Å². The maximum Gasteiger partial charge on any atom is 0.411 e. The highest BCUT2D eigenvalue weighted by molar-refractivity contribution is 5.88. The normalized spacial score (nSPS) is 20.4. The fraction of sp³-hybridized carbons (Fsp3) is 0.300. The van der Waals surface area contributed by atoms with E-state index in [0.717, 1.165) is 11.3 Å². The highest BCUT2D eigenvalue weighted by Crippen LogP contribution is 2.26. The number of rotatable bonds is 0. The number of nitrogens with two attached hydrogens (primary N) is 1. The van der Waals surface area contributed by atoms with Crippen molar-refractivity contribution in [2.45, 2.75) is 19.4 Å². The Balaban J connectivity index is 2.46. The molecule has 0 fully saturated rings. The standard InChI is InChI=1S/C10H12N2O2/c1-6-5-7-8(11)3-2-4-9(7)12-10(13)14-6/h2-4,6H,5,11H2,1H3,(H,12,13). The number of hydrogen-bond donors (Lipinski definition) is 2. The Hall–Kier alpha value is -1.71. The van der Waals surface area contributed by atoms with Crippen molar-refractivity contribution in [1.29, 1.82) is 0 Å². The third kappa shape index (κ3) is 1.51. The smallest absolute Gasteiger partial charge is 0.411 e. The lowest BCUT2D eigenvalue weighted by molar-refractivity contribution is 0.123. The van der Waals surface area contributed by atoms with E-state index in [-0.39, 0.29) is 6.10 Å². The Morgan fingerprint density at radius 1 is 1.57 bits per heavy atom. The molecule has 4 heteroatoms. The van der Waals surface area contributed by atoms with Crippen molar-refractivity contribution in [1.82, 2.24) is 0 Å². The van der Waals surface area contributed by atoms with E-state index in [0.29, 0.717) is 12.1 Å². The van der Waals surface area contributed by atoms with E-state index in [1.807, 2.05) is 25.1 Å². The molecule has 1 aromatic carbocycles. The second-order valence-electron chi connectivity index (χ2n) is 3.42. The van der Waals surface area contributed by atoms with Crippen LogP contribution in [0, 0.1) is 0 Å². The molecule has 0 aromatic heterocycles. The zero-order chi connectivity index (χ0) is 10.1. The Morgan fingerprint density at radius 2 is 2.36 bits per heavy atom. The maximum absolute atomic E-state index is 11.2. The predicted molar refractivity (Wildman–Crippen MR) is 54.1 cm³/mol. The molecule has 1 atom stereocenters. The number of nitrogens with one attached hydrogen (secondary N) is 1. The van der Waals surface area contributed by atoms with Crippen LogP contribution >= 0.6 is 0 Å². The molecule has 0 bridgehead atoms. The molecule has 3 N–H and O–H groups in total. The van der Waals surface area contributed by atoms with E-state index in [9.17, 15) is 4.79 Å². The second-order valence-corrected chi connectivity index (χ2v) is 3.42. The number of ether oxygens (including phenoxy) is 1. The summed E-state index contributed by atoms with van der Waals surface area (Å²) in [5.41, 5.74) is 8.21. The van der Waals surface area contributed by atoms with Crippen molar-refractivity contribution in [3.8, 4) is 0 Å². The minimum atomic E-state index is -0.415. The van der Waals surface area contributed by atoms with Crippen LogP contribution in [0.5, 0.6) is 0 Å². The molecule has 1 unspecified atom stereocenters. The molecule has 0 spiro atoms. The highest BCUT2D eigenvalue weighted by atomic mass is 16.6. The summed E-state index contributed by atoms with van der Waals surface area (Å²) < 4.78 is 5.04. The first kappa shape index (κ1) is 8.87. The van der Waals surface area contributed by atoms with Crippen LogP contribution in [0.4, 0.5) is 16.2 Å². The lowest BCUT2D eigenvalue weighted by atomic mass is 10.0. The number of fused-ring (bicyclic) bond motifs is 1. The summed E-state index contributed by atoms with van der Waals surface area (Å²) in [6, 6.07) is 5.46. The molecular formula is C10H12N2O2. The first-order chi connectivity index (χ1) is 6.66. The van der Waals surface area contributed by atoms with Crippen molar-refractivity contribution in [2.24, 2.45) is 0 Å². The van der Waals surface area contributed by atoms with Gasteiger partial charge >= 0.3 is 6.09 Å². The summed E-state index contributed by atoms with van der Waals surface area (Å²) in [5.74, 6) is 0. The highest BCUT2D eigenvalue weighted by Gasteiger charge is 2.19. The van der Waals surface area contributed by atoms with E-state index in [4.69, 9.17) is 10.5 Å². The molecule has 4 nitrogen and oxygen atoms in total. The summed E-state index contributed by atoms with van der Waals surface area (Å²) in [5, 5.41) is 2.65. The largest absolute Gasteiger partial charge is 0.446 e. The van der Waals surface area contributed by atoms with Gasteiger partial charge in [0.1, 0.15) is 6.10 Å². The van der Waals surface area contributed by atoms with Crippen LogP contribution in [0.25, 0.3) is 0 Å². The van der Waals surface area contributed by atoms with Gasteiger partial charge in [0.15, 0.2) is 0 Å². The van der Waals surface area contributed by atoms with Gasteiger partial charge in [-0.15, -0.1) is 0 Å². The van der Waals surface area contributed by atoms with Gasteiger partial charge < -0.3 is 10.5 Å². The number of benzene rings is 1. The van der Waals surface area contributed by atoms with Gasteiger partial charge in [0.05, 0.1) is 0 Å². The lowest BCUT2D eigenvalue weighted by Crippen LogP contribution is -2.17. The van der Waals surface area contributed by atoms with E-state index in [1.54, 1.807) is 0 Å². The van der Waals surface area contributed by atoms with E-state index < -0.39 is 6.09 Å². The van der Waals surface area contributed by atoms with Crippen molar-refractivity contribution < 1.29 is 9.53 Å². The molecule has 0 aliphatic carbocycles. The lowest BCUT2D eigenvalue weighted by Gasteiger charge is -2.09. The molecule has 2 rings (SSSR count). The maximum atomic E-state index is 11.2. The fourth-order valence-corrected chi connectivity index (χ4v) is 1.60. The predicted octanol–water partition coefficient (Wildman–Crippen LogP) is 1.76. The van der Waals surface area contributed by atoms with Crippen LogP contribution in [0.1, 0.15) is 12.5 Å². The molecule has 1 heterocycles. The molecule has 14 heavy (non-hydrogen) atoms. The van der Waals surface area contributed by atoms with Crippen LogP contribution < -0.4 is 11.1 Å². The third-order valence-electron chi connectivity index (χ3n) is 2.25. The minimum Gasteiger partial charge on any atom is -0.446 e. The molecule has 74 valence electrons. The first-order valence-corrected chi connectivity index (χ1v) is 4.52. The van der Waals surface area contributed by atoms with E-state index in [2.05, 4.69) is 5.32 Å². The first-order valence-electron chi connectivity index (χ1n) is 4.52. The Kier molecular flexibility index (Phi) is 2.04. The molecule has 0 radical (unpaired) electrons. The Bertz CT molecular complexity index is 376. The number of carbonyl (C=O) groups excluding carboxylic acids is 1. The minimum absolute atomic E-state index is 0.138. The molecule has 1 aliphatic rings. The number of amides is 1.